The van der Waals surface area contributed by atoms with Crippen LogP contribution in [0.15, 0.2) is 42.5 Å². The smallest absolute Gasteiger partial charge is 0.159 e. The molecule has 1 heterocycles. The van der Waals surface area contributed by atoms with Crippen molar-refractivity contribution in [2.24, 2.45) is 0 Å². The third-order valence-electron chi connectivity index (χ3n) is 5.13. The van der Waals surface area contributed by atoms with Gasteiger partial charge in [0.25, 0.3) is 0 Å². The van der Waals surface area contributed by atoms with Gasteiger partial charge in [-0.3, -0.25) is 4.79 Å². The van der Waals surface area contributed by atoms with Gasteiger partial charge in [0.15, 0.2) is 5.78 Å². The maximum absolute atomic E-state index is 11.7. The van der Waals surface area contributed by atoms with Crippen molar-refractivity contribution in [1.82, 2.24) is 0 Å². The number of ketones is 1. The van der Waals surface area contributed by atoms with E-state index in [1.807, 2.05) is 30.3 Å². The fourth-order valence-corrected chi connectivity index (χ4v) is 3.86. The van der Waals surface area contributed by atoms with Gasteiger partial charge in [-0.25, -0.2) is 0 Å². The summed E-state index contributed by atoms with van der Waals surface area (Å²) in [4.78, 5) is 14.8. The summed E-state index contributed by atoms with van der Waals surface area (Å²) < 4.78 is 5.49. The molecule has 5 heteroatoms. The zero-order chi connectivity index (χ0) is 18.5. The number of hydrogen-bond acceptors (Lipinski definition) is 2. The molecule has 0 atom stereocenters. The number of rotatable bonds is 6. The van der Waals surface area contributed by atoms with Crippen LogP contribution >= 0.6 is 11.6 Å². The van der Waals surface area contributed by atoms with Gasteiger partial charge >= 0.3 is 0 Å². The lowest BCUT2D eigenvalue weighted by Crippen LogP contribution is -3.27. The minimum atomic E-state index is 0.0969. The molecule has 0 amide bonds. The van der Waals surface area contributed by atoms with Crippen molar-refractivity contribution in [3.8, 4) is 5.75 Å². The average Bonchev–Trinajstić information content (AvgIpc) is 2.63. The molecule has 0 aromatic heterocycles. The van der Waals surface area contributed by atoms with E-state index in [1.165, 1.54) is 5.56 Å². The third-order valence-corrected chi connectivity index (χ3v) is 5.37. The van der Waals surface area contributed by atoms with E-state index in [1.54, 1.807) is 23.8 Å². The fourth-order valence-electron chi connectivity index (χ4n) is 3.65. The Hall–Kier alpha value is -1.88. The number of nitrogens with one attached hydrogen (secondary N) is 2. The molecule has 0 saturated carbocycles. The number of quaternary nitrogens is 2. The molecule has 0 aliphatic carbocycles. The highest BCUT2D eigenvalue weighted by molar-refractivity contribution is 6.30. The molecule has 2 N–H and O–H groups in total. The lowest BCUT2D eigenvalue weighted by molar-refractivity contribution is -1.02. The molecule has 0 radical (unpaired) electrons. The number of piperazine rings is 1. The lowest BCUT2D eigenvalue weighted by atomic mass is 10.1. The van der Waals surface area contributed by atoms with Gasteiger partial charge in [-0.05, 0) is 37.3 Å². The average molecular weight is 375 g/mol. The number of benzene rings is 2. The topological polar surface area (TPSA) is 35.2 Å². The first kappa shape index (κ1) is 18.9. The molecule has 1 saturated heterocycles. The van der Waals surface area contributed by atoms with Crippen LogP contribution in [0, 0.1) is 0 Å². The van der Waals surface area contributed by atoms with E-state index >= 15 is 0 Å². The SMILES string of the molecule is COc1ccc(C(C)=O)cc1C[NH+]1CC[NH+](Cc2cccc(Cl)c2)CC1. The molecule has 26 heavy (non-hydrogen) atoms. The largest absolute Gasteiger partial charge is 0.496 e. The van der Waals surface area contributed by atoms with Crippen LogP contribution in [-0.4, -0.2) is 39.1 Å². The summed E-state index contributed by atoms with van der Waals surface area (Å²) in [5.41, 5.74) is 3.17. The Kier molecular flexibility index (Phi) is 6.30. The zero-order valence-corrected chi connectivity index (χ0v) is 16.2. The Morgan fingerprint density at radius 3 is 2.35 bits per heavy atom. The number of carbonyl (C=O) groups is 1. The molecule has 138 valence electrons. The van der Waals surface area contributed by atoms with Gasteiger partial charge < -0.3 is 14.5 Å². The van der Waals surface area contributed by atoms with Crippen LogP contribution in [0.4, 0.5) is 0 Å². The molecule has 0 spiro atoms. The van der Waals surface area contributed by atoms with Gasteiger partial charge in [-0.15, -0.1) is 0 Å². The lowest BCUT2D eigenvalue weighted by Gasteiger charge is -2.30. The first-order chi connectivity index (χ1) is 12.5. The normalized spacial score (nSPS) is 20.0. The van der Waals surface area contributed by atoms with E-state index in [0.29, 0.717) is 0 Å². The number of hydrogen-bond donors (Lipinski definition) is 2. The number of halogens is 1. The second kappa shape index (κ2) is 8.67. The van der Waals surface area contributed by atoms with Crippen molar-refractivity contribution < 1.29 is 19.3 Å². The van der Waals surface area contributed by atoms with Gasteiger partial charge in [-0.2, -0.15) is 0 Å². The molecule has 0 bridgehead atoms. The minimum absolute atomic E-state index is 0.0969. The highest BCUT2D eigenvalue weighted by Gasteiger charge is 2.24. The summed E-state index contributed by atoms with van der Waals surface area (Å²) in [6.07, 6.45) is 0. The first-order valence-corrected chi connectivity index (χ1v) is 9.52. The van der Waals surface area contributed by atoms with Crippen LogP contribution < -0.4 is 14.5 Å². The molecule has 2 aromatic rings. The van der Waals surface area contributed by atoms with Gasteiger partial charge in [0, 0.05) is 21.7 Å². The molecular formula is C21H27ClN2O2+2. The number of Topliss-reactive ketones (excluding diaryl/α,β-unsaturated/α-hetero) is 1. The van der Waals surface area contributed by atoms with Crippen LogP contribution in [-0.2, 0) is 13.1 Å². The molecule has 2 aromatic carbocycles. The third kappa shape index (κ3) is 4.85. The maximum Gasteiger partial charge on any atom is 0.159 e. The van der Waals surface area contributed by atoms with E-state index in [2.05, 4.69) is 12.1 Å². The van der Waals surface area contributed by atoms with Crippen molar-refractivity contribution in [3.05, 3.63) is 64.2 Å². The summed E-state index contributed by atoms with van der Waals surface area (Å²) in [6, 6.07) is 13.9. The maximum atomic E-state index is 11.7. The molecule has 1 aliphatic rings. The van der Waals surface area contributed by atoms with Gasteiger partial charge in [-0.1, -0.05) is 23.7 Å². The quantitative estimate of drug-likeness (QED) is 0.741. The predicted octanol–water partition coefficient (Wildman–Crippen LogP) is 1.03. The summed E-state index contributed by atoms with van der Waals surface area (Å²) in [5.74, 6) is 0.968. The molecule has 1 fully saturated rings. The van der Waals surface area contributed by atoms with E-state index in [0.717, 1.165) is 61.2 Å². The van der Waals surface area contributed by atoms with E-state index < -0.39 is 0 Å². The highest BCUT2D eigenvalue weighted by Crippen LogP contribution is 2.19. The van der Waals surface area contributed by atoms with Crippen LogP contribution in [0.2, 0.25) is 5.02 Å². The fraction of sp³-hybridized carbons (Fsp3) is 0.381. The Morgan fingerprint density at radius 2 is 1.73 bits per heavy atom. The van der Waals surface area contributed by atoms with Crippen molar-refractivity contribution in [1.29, 1.82) is 0 Å². The second-order valence-corrected chi connectivity index (χ2v) is 7.50. The Balaban J connectivity index is 1.58. The van der Waals surface area contributed by atoms with Gasteiger partial charge in [0.1, 0.15) is 45.0 Å². The van der Waals surface area contributed by atoms with E-state index in [4.69, 9.17) is 16.3 Å². The highest BCUT2D eigenvalue weighted by atomic mass is 35.5. The van der Waals surface area contributed by atoms with E-state index in [-0.39, 0.29) is 5.78 Å². The zero-order valence-electron chi connectivity index (χ0n) is 15.5. The summed E-state index contributed by atoms with van der Waals surface area (Å²) in [7, 11) is 1.69. The molecule has 3 rings (SSSR count). The second-order valence-electron chi connectivity index (χ2n) is 7.07. The summed E-state index contributed by atoms with van der Waals surface area (Å²) >= 11 is 6.09. The van der Waals surface area contributed by atoms with Crippen LogP contribution in [0.25, 0.3) is 0 Å². The van der Waals surface area contributed by atoms with Crippen molar-refractivity contribution in [3.63, 3.8) is 0 Å². The molecule has 1 aliphatic heterocycles. The standard InChI is InChI=1S/C21H25ClN2O2/c1-16(25)18-6-7-21(26-2)19(13-18)15-24-10-8-23(9-11-24)14-17-4-3-5-20(22)12-17/h3-7,12-13H,8-11,14-15H2,1-2H3/p+2. The number of carbonyl (C=O) groups excluding carboxylic acids is 1. The number of ether oxygens (including phenoxy) is 1. The van der Waals surface area contributed by atoms with Crippen LogP contribution in [0.5, 0.6) is 5.75 Å². The number of methoxy groups -OCH3 is 1. The summed E-state index contributed by atoms with van der Waals surface area (Å²) in [5, 5.41) is 0.809. The Morgan fingerprint density at radius 1 is 1.04 bits per heavy atom. The van der Waals surface area contributed by atoms with E-state index in [9.17, 15) is 4.79 Å². The summed E-state index contributed by atoms with van der Waals surface area (Å²) in [6.45, 7) is 8.03. The van der Waals surface area contributed by atoms with Crippen molar-refractivity contribution in [2.45, 2.75) is 20.0 Å². The Labute approximate surface area is 160 Å². The Bertz CT molecular complexity index is 770. The van der Waals surface area contributed by atoms with Crippen LogP contribution in [0.1, 0.15) is 28.4 Å². The monoisotopic (exact) mass is 374 g/mol. The molecule has 4 nitrogen and oxygen atoms in total. The van der Waals surface area contributed by atoms with Gasteiger partial charge in [0.2, 0.25) is 0 Å². The molecule has 0 unspecified atom stereocenters. The minimum Gasteiger partial charge on any atom is -0.496 e. The van der Waals surface area contributed by atoms with Crippen molar-refractivity contribution in [2.75, 3.05) is 33.3 Å². The molecular weight excluding hydrogens is 348 g/mol. The first-order valence-electron chi connectivity index (χ1n) is 9.14. The predicted molar refractivity (Wildman–Crippen MR) is 103 cm³/mol. The van der Waals surface area contributed by atoms with Gasteiger partial charge in [0.05, 0.1) is 7.11 Å². The van der Waals surface area contributed by atoms with Crippen LogP contribution in [0.3, 0.4) is 0 Å². The van der Waals surface area contributed by atoms with Crippen molar-refractivity contribution >= 4 is 17.4 Å².